The van der Waals surface area contributed by atoms with Crippen molar-refractivity contribution in [2.75, 3.05) is 39.4 Å². The van der Waals surface area contributed by atoms with Gasteiger partial charge in [-0.3, -0.25) is 9.69 Å². The van der Waals surface area contributed by atoms with E-state index in [2.05, 4.69) is 24.1 Å². The van der Waals surface area contributed by atoms with Crippen molar-refractivity contribution in [2.24, 2.45) is 5.92 Å². The van der Waals surface area contributed by atoms with E-state index in [1.807, 2.05) is 0 Å². The summed E-state index contributed by atoms with van der Waals surface area (Å²) < 4.78 is 11.1. The lowest BCUT2D eigenvalue weighted by Crippen LogP contribution is -2.48. The summed E-state index contributed by atoms with van der Waals surface area (Å²) in [5, 5.41) is 3.45. The molecule has 1 unspecified atom stereocenters. The molecule has 1 heterocycles. The van der Waals surface area contributed by atoms with E-state index in [-0.39, 0.29) is 18.6 Å². The quantitative estimate of drug-likeness (QED) is 0.826. The van der Waals surface area contributed by atoms with Crippen LogP contribution >= 0.6 is 11.6 Å². The van der Waals surface area contributed by atoms with Crippen LogP contribution in [0.5, 0.6) is 5.75 Å². The Morgan fingerprint density at radius 2 is 2.35 bits per heavy atom. The van der Waals surface area contributed by atoms with E-state index >= 15 is 0 Å². The zero-order valence-corrected chi connectivity index (χ0v) is 14.5. The van der Waals surface area contributed by atoms with Gasteiger partial charge in [-0.2, -0.15) is 0 Å². The first-order chi connectivity index (χ1) is 11.0. The number of rotatable bonds is 7. The second-order valence-corrected chi connectivity index (χ2v) is 6.63. The highest BCUT2D eigenvalue weighted by atomic mass is 35.5. The minimum atomic E-state index is -0.158. The Bertz CT molecular complexity index is 510. The first-order valence-corrected chi connectivity index (χ1v) is 8.39. The topological polar surface area (TPSA) is 50.8 Å². The van der Waals surface area contributed by atoms with Crippen molar-refractivity contribution in [1.82, 2.24) is 10.2 Å². The molecule has 1 fully saturated rings. The molecular formula is C17H25ClN2O3. The molecule has 0 spiro atoms. The van der Waals surface area contributed by atoms with Crippen LogP contribution in [0.1, 0.15) is 13.8 Å². The molecule has 1 saturated heterocycles. The smallest absolute Gasteiger partial charge is 0.258 e. The lowest BCUT2D eigenvalue weighted by atomic mass is 10.2. The fourth-order valence-corrected chi connectivity index (χ4v) is 2.75. The van der Waals surface area contributed by atoms with E-state index in [0.29, 0.717) is 29.8 Å². The van der Waals surface area contributed by atoms with Gasteiger partial charge in [-0.15, -0.1) is 0 Å². The predicted octanol–water partition coefficient (Wildman–Crippen LogP) is 2.19. The summed E-state index contributed by atoms with van der Waals surface area (Å²) in [5.74, 6) is 1.06. The Morgan fingerprint density at radius 1 is 1.52 bits per heavy atom. The zero-order valence-electron chi connectivity index (χ0n) is 13.8. The van der Waals surface area contributed by atoms with Gasteiger partial charge in [0.15, 0.2) is 6.61 Å². The van der Waals surface area contributed by atoms with Crippen molar-refractivity contribution >= 4 is 17.5 Å². The van der Waals surface area contributed by atoms with Gasteiger partial charge in [0.1, 0.15) is 5.75 Å². The maximum Gasteiger partial charge on any atom is 0.258 e. The van der Waals surface area contributed by atoms with Crippen molar-refractivity contribution in [3.8, 4) is 5.75 Å². The van der Waals surface area contributed by atoms with Crippen LogP contribution in [-0.2, 0) is 9.53 Å². The van der Waals surface area contributed by atoms with Gasteiger partial charge in [0.05, 0.1) is 12.7 Å². The highest BCUT2D eigenvalue weighted by Gasteiger charge is 2.21. The fourth-order valence-electron chi connectivity index (χ4n) is 2.57. The van der Waals surface area contributed by atoms with Crippen LogP contribution in [0.3, 0.4) is 0 Å². The predicted molar refractivity (Wildman–Crippen MR) is 91.0 cm³/mol. The minimum absolute atomic E-state index is 0.0250. The molecule has 1 amide bonds. The molecule has 6 heteroatoms. The van der Waals surface area contributed by atoms with E-state index in [9.17, 15) is 4.79 Å². The highest BCUT2D eigenvalue weighted by molar-refractivity contribution is 6.30. The average Bonchev–Trinajstić information content (AvgIpc) is 2.51. The summed E-state index contributed by atoms with van der Waals surface area (Å²) in [6.07, 6.45) is 0.0395. The number of benzene rings is 1. The molecule has 23 heavy (non-hydrogen) atoms. The van der Waals surface area contributed by atoms with Crippen molar-refractivity contribution < 1.29 is 14.3 Å². The third kappa shape index (κ3) is 6.77. The molecule has 1 aromatic carbocycles. The molecule has 0 bridgehead atoms. The van der Waals surface area contributed by atoms with Gasteiger partial charge in [-0.1, -0.05) is 31.5 Å². The van der Waals surface area contributed by atoms with Crippen molar-refractivity contribution in [3.63, 3.8) is 0 Å². The normalized spacial score (nSPS) is 18.9. The Morgan fingerprint density at radius 3 is 3.09 bits per heavy atom. The van der Waals surface area contributed by atoms with Crippen LogP contribution in [0.15, 0.2) is 24.3 Å². The summed E-state index contributed by atoms with van der Waals surface area (Å²) >= 11 is 5.87. The molecule has 1 aromatic rings. The minimum Gasteiger partial charge on any atom is -0.484 e. The third-order valence-electron chi connectivity index (χ3n) is 3.54. The Hall–Kier alpha value is -1.30. The van der Waals surface area contributed by atoms with Crippen molar-refractivity contribution in [2.45, 2.75) is 20.0 Å². The summed E-state index contributed by atoms with van der Waals surface area (Å²) in [5.41, 5.74) is 0. The molecule has 0 aliphatic carbocycles. The van der Waals surface area contributed by atoms with E-state index < -0.39 is 0 Å². The largest absolute Gasteiger partial charge is 0.484 e. The molecule has 0 radical (unpaired) electrons. The maximum absolute atomic E-state index is 11.9. The molecule has 1 aliphatic heterocycles. The SMILES string of the molecule is CC(C)CN1CCOC(CNC(=O)COc2cccc(Cl)c2)C1. The Balaban J connectivity index is 1.67. The molecular weight excluding hydrogens is 316 g/mol. The summed E-state index contributed by atoms with van der Waals surface area (Å²) in [6.45, 7) is 8.49. The fraction of sp³-hybridized carbons (Fsp3) is 0.588. The van der Waals surface area contributed by atoms with Gasteiger partial charge in [0.25, 0.3) is 5.91 Å². The lowest BCUT2D eigenvalue weighted by Gasteiger charge is -2.33. The molecule has 1 atom stereocenters. The second kappa shape index (κ2) is 9.11. The van der Waals surface area contributed by atoms with Gasteiger partial charge in [0, 0.05) is 31.2 Å². The van der Waals surface area contributed by atoms with E-state index in [0.717, 1.165) is 19.6 Å². The molecule has 0 saturated carbocycles. The number of carbonyl (C=O) groups excluding carboxylic acids is 1. The van der Waals surface area contributed by atoms with Gasteiger partial charge >= 0.3 is 0 Å². The number of hydrogen-bond acceptors (Lipinski definition) is 4. The molecule has 128 valence electrons. The maximum atomic E-state index is 11.9. The number of nitrogens with zero attached hydrogens (tertiary/aromatic N) is 1. The highest BCUT2D eigenvalue weighted by Crippen LogP contribution is 2.16. The van der Waals surface area contributed by atoms with E-state index in [1.165, 1.54) is 0 Å². The summed E-state index contributed by atoms with van der Waals surface area (Å²) in [6, 6.07) is 7.00. The summed E-state index contributed by atoms with van der Waals surface area (Å²) in [4.78, 5) is 14.2. The number of morpholine rings is 1. The number of ether oxygens (including phenoxy) is 2. The van der Waals surface area contributed by atoms with Gasteiger partial charge in [0.2, 0.25) is 0 Å². The Kier molecular flexibility index (Phi) is 7.15. The number of hydrogen-bond donors (Lipinski definition) is 1. The van der Waals surface area contributed by atoms with E-state index in [1.54, 1.807) is 24.3 Å². The molecule has 0 aromatic heterocycles. The van der Waals surface area contributed by atoms with Crippen LogP contribution in [0.2, 0.25) is 5.02 Å². The number of nitrogens with one attached hydrogen (secondary N) is 1. The zero-order chi connectivity index (χ0) is 16.7. The molecule has 2 rings (SSSR count). The lowest BCUT2D eigenvalue weighted by molar-refractivity contribution is -0.124. The van der Waals surface area contributed by atoms with Crippen LogP contribution in [0, 0.1) is 5.92 Å². The van der Waals surface area contributed by atoms with Gasteiger partial charge < -0.3 is 14.8 Å². The first kappa shape index (κ1) is 18.0. The first-order valence-electron chi connectivity index (χ1n) is 8.02. The van der Waals surface area contributed by atoms with Crippen molar-refractivity contribution in [1.29, 1.82) is 0 Å². The average molecular weight is 341 g/mol. The second-order valence-electron chi connectivity index (χ2n) is 6.20. The van der Waals surface area contributed by atoms with Crippen LogP contribution < -0.4 is 10.1 Å². The summed E-state index contributed by atoms with van der Waals surface area (Å²) in [7, 11) is 0. The number of amides is 1. The molecule has 1 N–H and O–H groups in total. The van der Waals surface area contributed by atoms with Gasteiger partial charge in [-0.05, 0) is 24.1 Å². The monoisotopic (exact) mass is 340 g/mol. The standard InChI is InChI=1S/C17H25ClN2O3/c1-13(2)10-20-6-7-22-16(11-20)9-19-17(21)12-23-15-5-3-4-14(18)8-15/h3-5,8,13,16H,6-7,9-12H2,1-2H3,(H,19,21). The molecule has 5 nitrogen and oxygen atoms in total. The molecule has 1 aliphatic rings. The van der Waals surface area contributed by atoms with Crippen molar-refractivity contribution in [3.05, 3.63) is 29.3 Å². The Labute approximate surface area is 142 Å². The van der Waals surface area contributed by atoms with Crippen LogP contribution in [-0.4, -0.2) is 56.3 Å². The van der Waals surface area contributed by atoms with Crippen LogP contribution in [0.4, 0.5) is 0 Å². The van der Waals surface area contributed by atoms with Gasteiger partial charge in [-0.25, -0.2) is 0 Å². The number of halogens is 1. The van der Waals surface area contributed by atoms with Crippen LogP contribution in [0.25, 0.3) is 0 Å². The third-order valence-corrected chi connectivity index (χ3v) is 3.77. The number of carbonyl (C=O) groups is 1. The van der Waals surface area contributed by atoms with E-state index in [4.69, 9.17) is 21.1 Å².